The third-order valence-electron chi connectivity index (χ3n) is 9.77. The summed E-state index contributed by atoms with van der Waals surface area (Å²) >= 11 is 0. The van der Waals surface area contributed by atoms with Gasteiger partial charge in [0.25, 0.3) is 0 Å². The number of carbonyl (C=O) groups excluding carboxylic acids is 4. The van der Waals surface area contributed by atoms with Crippen molar-refractivity contribution in [2.45, 2.75) is 160 Å². The van der Waals surface area contributed by atoms with Gasteiger partial charge in [0.15, 0.2) is 0 Å². The molecule has 0 aromatic rings. The van der Waals surface area contributed by atoms with Gasteiger partial charge in [-0.3, -0.25) is 28.8 Å². The first-order valence-electron chi connectivity index (χ1n) is 22.8. The zero-order valence-electron chi connectivity index (χ0n) is 37.1. The Balaban J connectivity index is 3.63. The van der Waals surface area contributed by atoms with E-state index in [1.807, 2.05) is 0 Å². The minimum absolute atomic E-state index is 0.0285. The highest BCUT2D eigenvalue weighted by atomic mass is 16.5. The average Bonchev–Trinajstić information content (AvgIpc) is 3.23. The smallest absolute Gasteiger partial charge is 0.326 e. The van der Waals surface area contributed by atoms with E-state index in [1.165, 1.54) is 57.8 Å². The molecule has 0 saturated carbocycles. The van der Waals surface area contributed by atoms with Crippen LogP contribution in [0.1, 0.15) is 148 Å². The van der Waals surface area contributed by atoms with Crippen LogP contribution in [0.15, 0.2) is 0 Å². The number of hydrogen-bond donors (Lipinski definition) is 8. The minimum atomic E-state index is -1.18. The summed E-state index contributed by atoms with van der Waals surface area (Å²) in [5, 5.41) is 37.4. The molecule has 0 aliphatic carbocycles. The zero-order valence-corrected chi connectivity index (χ0v) is 37.1. The molecular weight excluding hydrogens is 810 g/mol. The zero-order chi connectivity index (χ0) is 45.9. The van der Waals surface area contributed by atoms with Crippen LogP contribution in [-0.2, 0) is 52.5 Å². The molecule has 0 unspecified atom stereocenters. The molecule has 0 aromatic carbocycles. The highest BCUT2D eigenvalue weighted by molar-refractivity contribution is 5.84. The lowest BCUT2D eigenvalue weighted by Crippen LogP contribution is -2.41. The maximum Gasteiger partial charge on any atom is 0.326 e. The Morgan fingerprint density at radius 1 is 0.403 bits per heavy atom. The first-order chi connectivity index (χ1) is 29.9. The summed E-state index contributed by atoms with van der Waals surface area (Å²) in [5.41, 5.74) is 5.42. The average molecular weight is 890 g/mol. The first kappa shape index (κ1) is 58.1. The molecule has 62 heavy (non-hydrogen) atoms. The van der Waals surface area contributed by atoms with Gasteiger partial charge < -0.3 is 61.3 Å². The number of aliphatic carboxylic acids is 3. The molecule has 0 aliphatic rings. The van der Waals surface area contributed by atoms with E-state index >= 15 is 0 Å². The van der Waals surface area contributed by atoms with Crippen molar-refractivity contribution in [3.8, 4) is 0 Å². The Kier molecular flexibility index (Phi) is 39.7. The maximum atomic E-state index is 12.3. The van der Waals surface area contributed by atoms with Crippen LogP contribution in [0.2, 0.25) is 0 Å². The number of carboxylic acids is 3. The molecular formula is C43H79N5O14. The molecule has 0 rings (SSSR count). The number of unbranched alkanes of at least 4 members (excludes halogenated alkanes) is 16. The molecule has 9 N–H and O–H groups in total. The van der Waals surface area contributed by atoms with Crippen molar-refractivity contribution in [3.63, 3.8) is 0 Å². The van der Waals surface area contributed by atoms with Crippen LogP contribution in [-0.4, -0.2) is 141 Å². The lowest BCUT2D eigenvalue weighted by atomic mass is 10.0. The Morgan fingerprint density at radius 2 is 0.823 bits per heavy atom. The van der Waals surface area contributed by atoms with Gasteiger partial charge in [-0.15, -0.1) is 0 Å². The van der Waals surface area contributed by atoms with Crippen molar-refractivity contribution in [3.05, 3.63) is 0 Å². The van der Waals surface area contributed by atoms with Crippen molar-refractivity contribution in [2.24, 2.45) is 5.73 Å². The van der Waals surface area contributed by atoms with Crippen molar-refractivity contribution in [2.75, 3.05) is 72.5 Å². The van der Waals surface area contributed by atoms with Crippen LogP contribution >= 0.6 is 0 Å². The summed E-state index contributed by atoms with van der Waals surface area (Å²) in [6, 6.07) is -2.04. The predicted molar refractivity (Wildman–Crippen MR) is 231 cm³/mol. The van der Waals surface area contributed by atoms with Crippen molar-refractivity contribution < 1.29 is 67.8 Å². The van der Waals surface area contributed by atoms with Crippen LogP contribution in [0.3, 0.4) is 0 Å². The number of rotatable bonds is 46. The second kappa shape index (κ2) is 42.4. The van der Waals surface area contributed by atoms with Crippen LogP contribution < -0.4 is 27.0 Å². The fourth-order valence-electron chi connectivity index (χ4n) is 6.16. The molecule has 0 heterocycles. The fraction of sp³-hybridized carbons (Fsp3) is 0.837. The molecule has 0 spiro atoms. The Bertz CT molecular complexity index is 1210. The van der Waals surface area contributed by atoms with Gasteiger partial charge in [-0.25, -0.2) is 4.79 Å². The first-order valence-corrected chi connectivity index (χ1v) is 22.8. The van der Waals surface area contributed by atoms with E-state index in [4.69, 9.17) is 34.9 Å². The molecule has 0 fully saturated rings. The van der Waals surface area contributed by atoms with Crippen LogP contribution in [0.25, 0.3) is 0 Å². The van der Waals surface area contributed by atoms with Crippen LogP contribution in [0.4, 0.5) is 0 Å². The number of hydrogen-bond acceptors (Lipinski definition) is 12. The summed E-state index contributed by atoms with van der Waals surface area (Å²) < 4.78 is 21.2. The van der Waals surface area contributed by atoms with Gasteiger partial charge in [-0.2, -0.15) is 0 Å². The van der Waals surface area contributed by atoms with E-state index < -0.39 is 30.0 Å². The summed E-state index contributed by atoms with van der Waals surface area (Å²) in [7, 11) is 0. The van der Waals surface area contributed by atoms with Crippen LogP contribution in [0, 0.1) is 0 Å². The standard InChI is InChI=1S/C43H79N5O14/c44-35(42(55)56)19-17-18-24-45-39(51)33-61-31-30-60-28-26-47-40(52)34-62-32-29-59-27-25-46-37(49)23-22-36(43(57)58)48-38(50)20-15-13-11-9-7-5-3-1-2-4-6-8-10-12-14-16-21-41(53)54/h35-36H,1-34,44H2,(H,45,51)(H,46,49)(H,47,52)(H,48,50)(H,53,54)(H,55,56)(H,57,58)/t35-,36-/m0/s1. The van der Waals surface area contributed by atoms with E-state index in [0.29, 0.717) is 32.2 Å². The number of amides is 4. The molecule has 0 bridgehead atoms. The monoisotopic (exact) mass is 890 g/mol. The molecule has 0 aromatic heterocycles. The van der Waals surface area contributed by atoms with Gasteiger partial charge >= 0.3 is 17.9 Å². The van der Waals surface area contributed by atoms with Gasteiger partial charge in [0, 0.05) is 38.9 Å². The maximum absolute atomic E-state index is 12.3. The van der Waals surface area contributed by atoms with Crippen molar-refractivity contribution in [1.82, 2.24) is 21.3 Å². The number of carbonyl (C=O) groups is 7. The van der Waals surface area contributed by atoms with Crippen molar-refractivity contribution >= 4 is 41.5 Å². The number of ether oxygens (including phenoxy) is 4. The second-order valence-electron chi connectivity index (χ2n) is 15.4. The number of nitrogens with one attached hydrogen (secondary N) is 4. The van der Waals surface area contributed by atoms with Gasteiger partial charge in [0.2, 0.25) is 23.6 Å². The molecule has 0 radical (unpaired) electrons. The number of nitrogens with two attached hydrogens (primary N) is 1. The molecule has 2 atom stereocenters. The normalized spacial score (nSPS) is 12.0. The van der Waals surface area contributed by atoms with E-state index in [-0.39, 0.29) is 115 Å². The lowest BCUT2D eigenvalue weighted by Gasteiger charge is -2.14. The van der Waals surface area contributed by atoms with Crippen molar-refractivity contribution in [1.29, 1.82) is 0 Å². The predicted octanol–water partition coefficient (Wildman–Crippen LogP) is 3.44. The highest BCUT2D eigenvalue weighted by Gasteiger charge is 2.21. The fourth-order valence-corrected chi connectivity index (χ4v) is 6.16. The Labute approximate surface area is 368 Å². The summed E-state index contributed by atoms with van der Waals surface area (Å²) in [6.07, 6.45) is 19.8. The third-order valence-corrected chi connectivity index (χ3v) is 9.77. The quantitative estimate of drug-likeness (QED) is 0.0406. The van der Waals surface area contributed by atoms with Gasteiger partial charge in [0.1, 0.15) is 25.3 Å². The van der Waals surface area contributed by atoms with Gasteiger partial charge in [-0.1, -0.05) is 89.9 Å². The highest BCUT2D eigenvalue weighted by Crippen LogP contribution is 2.14. The molecule has 360 valence electrons. The topological polar surface area (TPSA) is 291 Å². The van der Waals surface area contributed by atoms with Crippen LogP contribution in [0.5, 0.6) is 0 Å². The largest absolute Gasteiger partial charge is 0.481 e. The minimum Gasteiger partial charge on any atom is -0.481 e. The number of carboxylic acid groups (broad SMARTS) is 3. The summed E-state index contributed by atoms with van der Waals surface area (Å²) in [4.78, 5) is 81.0. The molecule has 4 amide bonds. The molecule has 0 saturated heterocycles. The van der Waals surface area contributed by atoms with Gasteiger partial charge in [0.05, 0.1) is 39.6 Å². The lowest BCUT2D eigenvalue weighted by molar-refractivity contribution is -0.142. The molecule has 19 heteroatoms. The summed E-state index contributed by atoms with van der Waals surface area (Å²) in [6.45, 7) is 1.79. The van der Waals surface area contributed by atoms with E-state index in [2.05, 4.69) is 21.3 Å². The molecule has 0 aliphatic heterocycles. The Morgan fingerprint density at radius 3 is 1.27 bits per heavy atom. The summed E-state index contributed by atoms with van der Waals surface area (Å²) in [5.74, 6) is -4.24. The SMILES string of the molecule is N[C@@H](CCCCNC(=O)COCCOCCNC(=O)COCCOCCNC(=O)CC[C@H](NC(=O)CCCCCCCCCCCCCCCCCCC(=O)O)C(=O)O)C(=O)O. The van der Waals surface area contributed by atoms with E-state index in [9.17, 15) is 38.7 Å². The van der Waals surface area contributed by atoms with E-state index in [1.54, 1.807) is 0 Å². The Hall–Kier alpha value is -3.91. The third kappa shape index (κ3) is 41.4. The molecule has 19 nitrogen and oxygen atoms in total. The van der Waals surface area contributed by atoms with E-state index in [0.717, 1.165) is 38.5 Å². The second-order valence-corrected chi connectivity index (χ2v) is 15.4. The van der Waals surface area contributed by atoms with Gasteiger partial charge in [-0.05, 0) is 38.5 Å².